The van der Waals surface area contributed by atoms with Crippen LogP contribution in [0.25, 0.3) is 0 Å². The molecular formula is C14H20FNO4. The summed E-state index contributed by atoms with van der Waals surface area (Å²) in [6, 6.07) is 5.93. The summed E-state index contributed by atoms with van der Waals surface area (Å²) in [4.78, 5) is 11.6. The molecule has 1 atom stereocenters. The van der Waals surface area contributed by atoms with Gasteiger partial charge in [-0.25, -0.2) is 4.39 Å². The Morgan fingerprint density at radius 1 is 1.35 bits per heavy atom. The average Bonchev–Trinajstić information content (AvgIpc) is 2.44. The number of hydrogen-bond donors (Lipinski definition) is 1. The van der Waals surface area contributed by atoms with Crippen LogP contribution in [0.1, 0.15) is 6.92 Å². The van der Waals surface area contributed by atoms with Crippen molar-refractivity contribution in [1.29, 1.82) is 0 Å². The van der Waals surface area contributed by atoms with E-state index in [1.165, 1.54) is 12.1 Å². The normalized spacial score (nSPS) is 13.6. The van der Waals surface area contributed by atoms with E-state index in [9.17, 15) is 9.18 Å². The standard InChI is InChI=1S/C14H20FNO4/c1-14(19-3,10-18-2)9-16-13(17)8-20-12-7-5-4-6-11(12)15/h4-7H,8-10H2,1-3H3,(H,16,17). The van der Waals surface area contributed by atoms with Crippen LogP contribution in [0.3, 0.4) is 0 Å². The van der Waals surface area contributed by atoms with E-state index in [1.54, 1.807) is 26.4 Å². The molecule has 0 heterocycles. The minimum absolute atomic E-state index is 0.0500. The molecule has 1 aromatic rings. The lowest BCUT2D eigenvalue weighted by Crippen LogP contribution is -2.46. The van der Waals surface area contributed by atoms with E-state index in [4.69, 9.17) is 14.2 Å². The van der Waals surface area contributed by atoms with Crippen LogP contribution >= 0.6 is 0 Å². The Morgan fingerprint density at radius 3 is 2.65 bits per heavy atom. The number of para-hydroxylation sites is 1. The van der Waals surface area contributed by atoms with E-state index in [1.807, 2.05) is 6.92 Å². The van der Waals surface area contributed by atoms with Crippen LogP contribution in [-0.2, 0) is 14.3 Å². The number of amides is 1. The summed E-state index contributed by atoms with van der Waals surface area (Å²) < 4.78 is 28.7. The van der Waals surface area contributed by atoms with Crippen molar-refractivity contribution in [3.05, 3.63) is 30.1 Å². The van der Waals surface area contributed by atoms with Gasteiger partial charge in [0.2, 0.25) is 0 Å². The van der Waals surface area contributed by atoms with Crippen LogP contribution in [-0.4, -0.2) is 45.5 Å². The summed E-state index contributed by atoms with van der Waals surface area (Å²) in [5.41, 5.74) is -0.609. The molecule has 20 heavy (non-hydrogen) atoms. The molecule has 0 saturated heterocycles. The molecule has 0 saturated carbocycles. The highest BCUT2D eigenvalue weighted by molar-refractivity contribution is 5.77. The molecule has 1 N–H and O–H groups in total. The fraction of sp³-hybridized carbons (Fsp3) is 0.500. The minimum Gasteiger partial charge on any atom is -0.481 e. The van der Waals surface area contributed by atoms with Crippen molar-refractivity contribution in [3.8, 4) is 5.75 Å². The Morgan fingerprint density at radius 2 is 2.05 bits per heavy atom. The number of nitrogens with one attached hydrogen (secondary N) is 1. The lowest BCUT2D eigenvalue weighted by atomic mass is 10.1. The summed E-state index contributed by atoms with van der Waals surface area (Å²) in [5.74, 6) is -0.803. The third-order valence-electron chi connectivity index (χ3n) is 2.80. The van der Waals surface area contributed by atoms with Gasteiger partial charge >= 0.3 is 0 Å². The molecule has 0 fully saturated rings. The quantitative estimate of drug-likeness (QED) is 0.784. The number of methoxy groups -OCH3 is 2. The number of rotatable bonds is 8. The smallest absolute Gasteiger partial charge is 0.258 e. The Balaban J connectivity index is 2.39. The Bertz CT molecular complexity index is 441. The molecule has 0 aliphatic carbocycles. The lowest BCUT2D eigenvalue weighted by molar-refractivity contribution is -0.125. The summed E-state index contributed by atoms with van der Waals surface area (Å²) >= 11 is 0. The highest BCUT2D eigenvalue weighted by atomic mass is 19.1. The summed E-state index contributed by atoms with van der Waals surface area (Å²) in [6.45, 7) is 2.18. The van der Waals surface area contributed by atoms with Gasteiger partial charge in [0, 0.05) is 20.8 Å². The molecule has 1 amide bonds. The Hall–Kier alpha value is -1.66. The highest BCUT2D eigenvalue weighted by Crippen LogP contribution is 2.15. The first-order valence-electron chi connectivity index (χ1n) is 6.19. The predicted molar refractivity (Wildman–Crippen MR) is 72.2 cm³/mol. The molecule has 0 aromatic heterocycles. The molecule has 0 radical (unpaired) electrons. The fourth-order valence-electron chi connectivity index (χ4n) is 1.53. The topological polar surface area (TPSA) is 56.8 Å². The second kappa shape index (κ2) is 7.81. The SMILES string of the molecule is COCC(C)(CNC(=O)COc1ccccc1F)OC. The fourth-order valence-corrected chi connectivity index (χ4v) is 1.53. The van der Waals surface area contributed by atoms with Gasteiger partial charge in [-0.05, 0) is 19.1 Å². The molecule has 5 nitrogen and oxygen atoms in total. The molecule has 1 rings (SSSR count). The monoisotopic (exact) mass is 285 g/mol. The lowest BCUT2D eigenvalue weighted by Gasteiger charge is -2.27. The van der Waals surface area contributed by atoms with Crippen molar-refractivity contribution in [2.75, 3.05) is 34.0 Å². The van der Waals surface area contributed by atoms with Crippen molar-refractivity contribution in [1.82, 2.24) is 5.32 Å². The molecule has 0 spiro atoms. The molecule has 112 valence electrons. The first kappa shape index (κ1) is 16.4. The van der Waals surface area contributed by atoms with E-state index in [2.05, 4.69) is 5.32 Å². The largest absolute Gasteiger partial charge is 0.481 e. The van der Waals surface area contributed by atoms with Gasteiger partial charge in [-0.3, -0.25) is 4.79 Å². The molecule has 6 heteroatoms. The number of halogens is 1. The summed E-state index contributed by atoms with van der Waals surface area (Å²) in [6.07, 6.45) is 0. The van der Waals surface area contributed by atoms with E-state index < -0.39 is 11.4 Å². The number of hydrogen-bond acceptors (Lipinski definition) is 4. The van der Waals surface area contributed by atoms with E-state index in [0.29, 0.717) is 6.61 Å². The Kier molecular flexibility index (Phi) is 6.41. The maximum Gasteiger partial charge on any atom is 0.258 e. The van der Waals surface area contributed by atoms with Gasteiger partial charge in [-0.2, -0.15) is 0 Å². The van der Waals surface area contributed by atoms with Crippen LogP contribution < -0.4 is 10.1 Å². The van der Waals surface area contributed by atoms with Gasteiger partial charge in [-0.1, -0.05) is 12.1 Å². The van der Waals surface area contributed by atoms with Gasteiger partial charge in [0.1, 0.15) is 5.60 Å². The van der Waals surface area contributed by atoms with Gasteiger partial charge in [0.15, 0.2) is 18.2 Å². The third-order valence-corrected chi connectivity index (χ3v) is 2.80. The van der Waals surface area contributed by atoms with E-state index in [0.717, 1.165) is 0 Å². The van der Waals surface area contributed by atoms with E-state index >= 15 is 0 Å². The van der Waals surface area contributed by atoms with Crippen LogP contribution in [0, 0.1) is 5.82 Å². The van der Waals surface area contributed by atoms with Gasteiger partial charge in [0.25, 0.3) is 5.91 Å². The van der Waals surface area contributed by atoms with Gasteiger partial charge in [0.05, 0.1) is 6.61 Å². The number of ether oxygens (including phenoxy) is 3. The van der Waals surface area contributed by atoms with Crippen LogP contribution in [0.5, 0.6) is 5.75 Å². The zero-order valence-electron chi connectivity index (χ0n) is 11.9. The molecule has 1 unspecified atom stereocenters. The summed E-state index contributed by atoms with van der Waals surface area (Å²) in [5, 5.41) is 2.66. The van der Waals surface area contributed by atoms with E-state index in [-0.39, 0.29) is 24.8 Å². The highest BCUT2D eigenvalue weighted by Gasteiger charge is 2.24. The van der Waals surface area contributed by atoms with Gasteiger partial charge in [-0.15, -0.1) is 0 Å². The van der Waals surface area contributed by atoms with Crippen molar-refractivity contribution in [3.63, 3.8) is 0 Å². The molecule has 0 aliphatic heterocycles. The van der Waals surface area contributed by atoms with Gasteiger partial charge < -0.3 is 19.5 Å². The molecule has 1 aromatic carbocycles. The second-order valence-electron chi connectivity index (χ2n) is 4.58. The minimum atomic E-state index is -0.609. The molecular weight excluding hydrogens is 265 g/mol. The predicted octanol–water partition coefficient (Wildman–Crippen LogP) is 1.37. The number of carbonyl (C=O) groups is 1. The molecule has 0 bridgehead atoms. The van der Waals surface area contributed by atoms with Crippen LogP contribution in [0.4, 0.5) is 4.39 Å². The first-order chi connectivity index (χ1) is 9.50. The Labute approximate surface area is 118 Å². The maximum absolute atomic E-state index is 13.3. The third kappa shape index (κ3) is 5.14. The average molecular weight is 285 g/mol. The molecule has 0 aliphatic rings. The van der Waals surface area contributed by atoms with Crippen molar-refractivity contribution in [2.45, 2.75) is 12.5 Å². The van der Waals surface area contributed by atoms with Crippen molar-refractivity contribution < 1.29 is 23.4 Å². The summed E-state index contributed by atoms with van der Waals surface area (Å²) in [7, 11) is 3.10. The maximum atomic E-state index is 13.3. The zero-order chi connectivity index (χ0) is 15.0. The number of carbonyl (C=O) groups excluding carboxylic acids is 1. The first-order valence-corrected chi connectivity index (χ1v) is 6.19. The second-order valence-corrected chi connectivity index (χ2v) is 4.58. The van der Waals surface area contributed by atoms with Crippen molar-refractivity contribution >= 4 is 5.91 Å². The van der Waals surface area contributed by atoms with Crippen LogP contribution in [0.15, 0.2) is 24.3 Å². The van der Waals surface area contributed by atoms with Crippen molar-refractivity contribution in [2.24, 2.45) is 0 Å². The van der Waals surface area contributed by atoms with Crippen LogP contribution in [0.2, 0.25) is 0 Å². The zero-order valence-corrected chi connectivity index (χ0v) is 11.9. The number of benzene rings is 1.